The fraction of sp³-hybridized carbons (Fsp3) is 0.929. The number of amides is 1. The average Bonchev–Trinajstić information content (AvgIpc) is 2.93. The Morgan fingerprint density at radius 1 is 1.47 bits per heavy atom. The summed E-state index contributed by atoms with van der Waals surface area (Å²) in [4.78, 5) is 14.8. The fourth-order valence-electron chi connectivity index (χ4n) is 2.93. The number of carbonyl (C=O) groups is 1. The zero-order valence-corrected chi connectivity index (χ0v) is 12.9. The van der Waals surface area contributed by atoms with Crippen LogP contribution in [0.5, 0.6) is 0 Å². The Morgan fingerprint density at radius 3 is 2.95 bits per heavy atom. The smallest absolute Gasteiger partial charge is 0.240 e. The van der Waals surface area contributed by atoms with Gasteiger partial charge >= 0.3 is 0 Å². The van der Waals surface area contributed by atoms with Crippen molar-refractivity contribution in [3.63, 3.8) is 0 Å². The van der Waals surface area contributed by atoms with Crippen molar-refractivity contribution in [2.24, 2.45) is 5.92 Å². The van der Waals surface area contributed by atoms with Crippen LogP contribution in [0.3, 0.4) is 0 Å². The number of ether oxygens (including phenoxy) is 1. The Bertz CT molecular complexity index is 295. The first-order chi connectivity index (χ1) is 9.22. The van der Waals surface area contributed by atoms with Gasteiger partial charge in [-0.05, 0) is 37.5 Å². The molecule has 110 valence electrons. The van der Waals surface area contributed by atoms with Crippen LogP contribution in [-0.4, -0.2) is 61.2 Å². The Hall–Kier alpha value is -0.260. The number of methoxy groups -OCH3 is 1. The number of nitrogens with one attached hydrogen (secondary N) is 1. The quantitative estimate of drug-likeness (QED) is 0.828. The molecule has 0 aromatic carbocycles. The van der Waals surface area contributed by atoms with Crippen LogP contribution in [0.4, 0.5) is 0 Å². The molecule has 19 heavy (non-hydrogen) atoms. The lowest BCUT2D eigenvalue weighted by Crippen LogP contribution is -2.53. The van der Waals surface area contributed by atoms with E-state index in [1.54, 1.807) is 7.11 Å². The van der Waals surface area contributed by atoms with Gasteiger partial charge in [-0.15, -0.1) is 0 Å². The molecule has 2 saturated heterocycles. The lowest BCUT2D eigenvalue weighted by molar-refractivity contribution is -0.137. The Labute approximate surface area is 120 Å². The van der Waals surface area contributed by atoms with Crippen molar-refractivity contribution >= 4 is 17.7 Å². The number of hydrogen-bond acceptors (Lipinski definition) is 4. The van der Waals surface area contributed by atoms with Crippen LogP contribution >= 0.6 is 11.8 Å². The molecule has 0 radical (unpaired) electrons. The van der Waals surface area contributed by atoms with Crippen molar-refractivity contribution in [3.05, 3.63) is 0 Å². The highest BCUT2D eigenvalue weighted by atomic mass is 32.2. The standard InChI is InChI=1S/C14H26N2O2S/c1-11-3-5-15-13(9-11)14(17)16(6-7-18-2)12-4-8-19-10-12/h11-13,15H,3-10H2,1-2H3. The highest BCUT2D eigenvalue weighted by Gasteiger charge is 2.33. The highest BCUT2D eigenvalue weighted by molar-refractivity contribution is 7.99. The van der Waals surface area contributed by atoms with Gasteiger partial charge in [0.2, 0.25) is 5.91 Å². The van der Waals surface area contributed by atoms with Crippen molar-refractivity contribution in [1.29, 1.82) is 0 Å². The summed E-state index contributed by atoms with van der Waals surface area (Å²) >= 11 is 1.95. The minimum atomic E-state index is 0.0196. The molecule has 2 aliphatic heterocycles. The van der Waals surface area contributed by atoms with Crippen molar-refractivity contribution in [2.45, 2.75) is 38.3 Å². The monoisotopic (exact) mass is 286 g/mol. The van der Waals surface area contributed by atoms with E-state index in [-0.39, 0.29) is 11.9 Å². The van der Waals surface area contributed by atoms with Gasteiger partial charge in [-0.2, -0.15) is 11.8 Å². The normalized spacial score (nSPS) is 31.4. The van der Waals surface area contributed by atoms with Gasteiger partial charge in [-0.3, -0.25) is 4.79 Å². The van der Waals surface area contributed by atoms with Crippen LogP contribution in [0.2, 0.25) is 0 Å². The van der Waals surface area contributed by atoms with Crippen LogP contribution < -0.4 is 5.32 Å². The molecule has 0 bridgehead atoms. The Morgan fingerprint density at radius 2 is 2.32 bits per heavy atom. The average molecular weight is 286 g/mol. The Kier molecular flexibility index (Phi) is 5.98. The number of rotatable bonds is 5. The van der Waals surface area contributed by atoms with E-state index in [4.69, 9.17) is 4.74 Å². The number of nitrogens with zero attached hydrogens (tertiary/aromatic N) is 1. The molecule has 0 aliphatic carbocycles. The summed E-state index contributed by atoms with van der Waals surface area (Å²) < 4.78 is 5.17. The largest absolute Gasteiger partial charge is 0.383 e. The summed E-state index contributed by atoms with van der Waals surface area (Å²) in [6.07, 6.45) is 3.28. The molecular formula is C14H26N2O2S. The summed E-state index contributed by atoms with van der Waals surface area (Å²) in [6.45, 7) is 4.57. The van der Waals surface area contributed by atoms with Crippen LogP contribution in [0.25, 0.3) is 0 Å². The van der Waals surface area contributed by atoms with E-state index in [0.29, 0.717) is 18.6 Å². The molecule has 1 N–H and O–H groups in total. The maximum atomic E-state index is 12.7. The van der Waals surface area contributed by atoms with E-state index < -0.39 is 0 Å². The first kappa shape index (κ1) is 15.1. The molecule has 0 saturated carbocycles. The maximum absolute atomic E-state index is 12.7. The van der Waals surface area contributed by atoms with Crippen LogP contribution in [0, 0.1) is 5.92 Å². The minimum absolute atomic E-state index is 0.0196. The summed E-state index contributed by atoms with van der Waals surface area (Å²) in [5.41, 5.74) is 0. The first-order valence-corrected chi connectivity index (χ1v) is 8.48. The minimum Gasteiger partial charge on any atom is -0.383 e. The van der Waals surface area contributed by atoms with Crippen LogP contribution in [0.15, 0.2) is 0 Å². The van der Waals surface area contributed by atoms with Crippen molar-refractivity contribution < 1.29 is 9.53 Å². The molecule has 5 heteroatoms. The van der Waals surface area contributed by atoms with Gasteiger partial charge in [0.05, 0.1) is 12.6 Å². The van der Waals surface area contributed by atoms with Crippen molar-refractivity contribution in [2.75, 3.05) is 38.3 Å². The third-order valence-electron chi connectivity index (χ3n) is 4.13. The molecule has 2 fully saturated rings. The van der Waals surface area contributed by atoms with Gasteiger partial charge in [0, 0.05) is 25.4 Å². The molecule has 0 spiro atoms. The number of piperidine rings is 1. The van der Waals surface area contributed by atoms with Gasteiger partial charge in [0.1, 0.15) is 0 Å². The number of hydrogen-bond donors (Lipinski definition) is 1. The summed E-state index contributed by atoms with van der Waals surface area (Å²) in [5, 5.41) is 3.39. The second-order valence-electron chi connectivity index (χ2n) is 5.68. The second-order valence-corrected chi connectivity index (χ2v) is 6.83. The third kappa shape index (κ3) is 4.10. The van der Waals surface area contributed by atoms with Crippen LogP contribution in [-0.2, 0) is 9.53 Å². The van der Waals surface area contributed by atoms with E-state index >= 15 is 0 Å². The summed E-state index contributed by atoms with van der Waals surface area (Å²) in [6, 6.07) is 0.429. The molecule has 2 aliphatic rings. The molecule has 2 rings (SSSR count). The molecule has 3 atom stereocenters. The fourth-order valence-corrected chi connectivity index (χ4v) is 4.15. The van der Waals surface area contributed by atoms with Gasteiger partial charge in [0.15, 0.2) is 0 Å². The van der Waals surface area contributed by atoms with Gasteiger partial charge in [0.25, 0.3) is 0 Å². The molecule has 2 heterocycles. The number of carbonyl (C=O) groups excluding carboxylic acids is 1. The molecule has 4 nitrogen and oxygen atoms in total. The highest BCUT2D eigenvalue weighted by Crippen LogP contribution is 2.24. The van der Waals surface area contributed by atoms with Crippen molar-refractivity contribution in [3.8, 4) is 0 Å². The molecule has 3 unspecified atom stereocenters. The zero-order chi connectivity index (χ0) is 13.7. The lowest BCUT2D eigenvalue weighted by atomic mass is 9.93. The maximum Gasteiger partial charge on any atom is 0.240 e. The summed E-state index contributed by atoms with van der Waals surface area (Å²) in [5.74, 6) is 3.20. The lowest BCUT2D eigenvalue weighted by Gasteiger charge is -2.35. The summed E-state index contributed by atoms with van der Waals surface area (Å²) in [7, 11) is 1.70. The SMILES string of the molecule is COCCN(C(=O)C1CC(C)CCN1)C1CCSC1. The zero-order valence-electron chi connectivity index (χ0n) is 12.1. The predicted molar refractivity (Wildman–Crippen MR) is 79.5 cm³/mol. The van der Waals surface area contributed by atoms with Gasteiger partial charge < -0.3 is 15.0 Å². The molecular weight excluding hydrogens is 260 g/mol. The second kappa shape index (κ2) is 7.50. The van der Waals surface area contributed by atoms with Crippen LogP contribution in [0.1, 0.15) is 26.2 Å². The number of thioether (sulfide) groups is 1. The molecule has 0 aromatic heterocycles. The van der Waals surface area contributed by atoms with E-state index in [2.05, 4.69) is 17.1 Å². The van der Waals surface area contributed by atoms with E-state index in [1.807, 2.05) is 11.8 Å². The van der Waals surface area contributed by atoms with Crippen molar-refractivity contribution in [1.82, 2.24) is 10.2 Å². The first-order valence-electron chi connectivity index (χ1n) is 7.33. The van der Waals surface area contributed by atoms with E-state index in [0.717, 1.165) is 31.7 Å². The van der Waals surface area contributed by atoms with E-state index in [9.17, 15) is 4.79 Å². The third-order valence-corrected chi connectivity index (χ3v) is 5.27. The van der Waals surface area contributed by atoms with Gasteiger partial charge in [-0.1, -0.05) is 6.92 Å². The molecule has 0 aromatic rings. The Balaban J connectivity index is 1.97. The predicted octanol–water partition coefficient (Wildman–Crippen LogP) is 1.35. The topological polar surface area (TPSA) is 41.6 Å². The van der Waals surface area contributed by atoms with Gasteiger partial charge in [-0.25, -0.2) is 0 Å². The van der Waals surface area contributed by atoms with E-state index in [1.165, 1.54) is 12.2 Å². The molecule has 1 amide bonds.